The van der Waals surface area contributed by atoms with Gasteiger partial charge in [-0.1, -0.05) is 28.9 Å². The molecule has 0 aliphatic rings. The van der Waals surface area contributed by atoms with Gasteiger partial charge in [0.05, 0.1) is 5.56 Å². The summed E-state index contributed by atoms with van der Waals surface area (Å²) in [6.07, 6.45) is 0. The number of alkyl halides is 1. The molecule has 4 nitrogen and oxygen atoms in total. The number of benzene rings is 1. The van der Waals surface area contributed by atoms with Crippen molar-refractivity contribution in [3.8, 4) is 11.5 Å². The van der Waals surface area contributed by atoms with Gasteiger partial charge < -0.3 is 15.5 Å². The van der Waals surface area contributed by atoms with Gasteiger partial charge in [0.1, 0.15) is 0 Å². The number of para-hydroxylation sites is 1. The molecule has 5 heteroatoms. The zero-order valence-electron chi connectivity index (χ0n) is 8.90. The van der Waals surface area contributed by atoms with Crippen LogP contribution < -0.4 is 5.32 Å². The van der Waals surface area contributed by atoms with Crippen molar-refractivity contribution in [3.05, 3.63) is 23.8 Å². The lowest BCUT2D eigenvalue weighted by Crippen LogP contribution is -2.28. The lowest BCUT2D eigenvalue weighted by atomic mass is 10.1. The first kappa shape index (κ1) is 12.8. The molecule has 0 aromatic heterocycles. The van der Waals surface area contributed by atoms with Crippen molar-refractivity contribution in [3.63, 3.8) is 0 Å². The maximum Gasteiger partial charge on any atom is 0.255 e. The second-order valence-electron chi connectivity index (χ2n) is 3.64. The summed E-state index contributed by atoms with van der Waals surface area (Å²) < 4.78 is 0. The summed E-state index contributed by atoms with van der Waals surface area (Å²) in [4.78, 5) is 11.6. The summed E-state index contributed by atoms with van der Waals surface area (Å²) in [6.45, 7) is 2.50. The van der Waals surface area contributed by atoms with Gasteiger partial charge in [-0.2, -0.15) is 0 Å². The zero-order valence-corrected chi connectivity index (χ0v) is 10.5. The molecule has 1 amide bonds. The molecule has 0 heterocycles. The van der Waals surface area contributed by atoms with E-state index in [0.29, 0.717) is 12.5 Å². The Kier molecular flexibility index (Phi) is 4.61. The maximum atomic E-state index is 11.6. The number of carbonyl (C=O) groups excluding carboxylic acids is 1. The topological polar surface area (TPSA) is 69.6 Å². The molecule has 1 rings (SSSR count). The van der Waals surface area contributed by atoms with Crippen LogP contribution in [0.15, 0.2) is 18.2 Å². The molecule has 0 saturated carbocycles. The van der Waals surface area contributed by atoms with Crippen molar-refractivity contribution in [2.75, 3.05) is 11.9 Å². The molecule has 0 radical (unpaired) electrons. The molecule has 0 aliphatic carbocycles. The Morgan fingerprint density at radius 2 is 2.19 bits per heavy atom. The summed E-state index contributed by atoms with van der Waals surface area (Å²) >= 11 is 3.31. The van der Waals surface area contributed by atoms with Crippen LogP contribution in [0, 0.1) is 5.92 Å². The first-order chi connectivity index (χ1) is 7.56. The number of hydrogen-bond donors (Lipinski definition) is 3. The average Bonchev–Trinajstić information content (AvgIpc) is 2.29. The summed E-state index contributed by atoms with van der Waals surface area (Å²) in [5, 5.41) is 22.2. The van der Waals surface area contributed by atoms with Crippen LogP contribution in [0.5, 0.6) is 11.5 Å². The Morgan fingerprint density at radius 1 is 1.50 bits per heavy atom. The Labute approximate surface area is 102 Å². The Morgan fingerprint density at radius 3 is 2.81 bits per heavy atom. The molecule has 3 N–H and O–H groups in total. The standard InChI is InChI=1S/C11H14BrNO3/c1-7(5-12)6-13-11(16)8-3-2-4-9(14)10(8)15/h2-4,7,14-15H,5-6H2,1H3,(H,13,16). The van der Waals surface area contributed by atoms with Crippen LogP contribution in [0.25, 0.3) is 0 Å². The van der Waals surface area contributed by atoms with Crippen molar-refractivity contribution >= 4 is 21.8 Å². The number of halogens is 1. The molecular weight excluding hydrogens is 274 g/mol. The van der Waals surface area contributed by atoms with E-state index in [9.17, 15) is 15.0 Å². The van der Waals surface area contributed by atoms with E-state index in [4.69, 9.17) is 0 Å². The summed E-state index contributed by atoms with van der Waals surface area (Å²) in [5.41, 5.74) is 0.0850. The van der Waals surface area contributed by atoms with Gasteiger partial charge in [0, 0.05) is 11.9 Å². The van der Waals surface area contributed by atoms with Crippen molar-refractivity contribution in [1.29, 1.82) is 0 Å². The Hall–Kier alpha value is -1.23. The van der Waals surface area contributed by atoms with Gasteiger partial charge in [-0.25, -0.2) is 0 Å². The summed E-state index contributed by atoms with van der Waals surface area (Å²) in [6, 6.07) is 4.30. The monoisotopic (exact) mass is 287 g/mol. The predicted octanol–water partition coefficient (Wildman–Crippen LogP) is 1.86. The van der Waals surface area contributed by atoms with E-state index in [1.165, 1.54) is 18.2 Å². The van der Waals surface area contributed by atoms with Gasteiger partial charge in [-0.05, 0) is 18.1 Å². The number of aromatic hydroxyl groups is 2. The number of hydrogen-bond acceptors (Lipinski definition) is 3. The quantitative estimate of drug-likeness (QED) is 0.585. The van der Waals surface area contributed by atoms with E-state index in [2.05, 4.69) is 21.2 Å². The molecule has 1 atom stereocenters. The maximum absolute atomic E-state index is 11.6. The number of rotatable bonds is 4. The molecule has 16 heavy (non-hydrogen) atoms. The zero-order chi connectivity index (χ0) is 12.1. The minimum Gasteiger partial charge on any atom is -0.504 e. The fourth-order valence-corrected chi connectivity index (χ4v) is 1.36. The van der Waals surface area contributed by atoms with Crippen LogP contribution >= 0.6 is 15.9 Å². The van der Waals surface area contributed by atoms with Crippen LogP contribution in [-0.2, 0) is 0 Å². The highest BCUT2D eigenvalue weighted by molar-refractivity contribution is 9.09. The van der Waals surface area contributed by atoms with E-state index >= 15 is 0 Å². The van der Waals surface area contributed by atoms with E-state index in [-0.39, 0.29) is 23.0 Å². The average molecular weight is 288 g/mol. The van der Waals surface area contributed by atoms with Crippen LogP contribution in [0.2, 0.25) is 0 Å². The van der Waals surface area contributed by atoms with Gasteiger partial charge in [-0.15, -0.1) is 0 Å². The molecule has 1 aromatic rings. The van der Waals surface area contributed by atoms with Crippen LogP contribution in [0.4, 0.5) is 0 Å². The lowest BCUT2D eigenvalue weighted by molar-refractivity contribution is 0.0946. The molecule has 1 aromatic carbocycles. The fraction of sp³-hybridized carbons (Fsp3) is 0.364. The van der Waals surface area contributed by atoms with Gasteiger partial charge in [-0.3, -0.25) is 4.79 Å². The van der Waals surface area contributed by atoms with Gasteiger partial charge in [0.15, 0.2) is 11.5 Å². The molecule has 1 unspecified atom stereocenters. The highest BCUT2D eigenvalue weighted by Gasteiger charge is 2.13. The molecule has 0 saturated heterocycles. The van der Waals surface area contributed by atoms with E-state index in [1.54, 1.807) is 0 Å². The van der Waals surface area contributed by atoms with Crippen LogP contribution in [-0.4, -0.2) is 28.0 Å². The second-order valence-corrected chi connectivity index (χ2v) is 4.29. The minimum absolute atomic E-state index is 0.0850. The predicted molar refractivity (Wildman–Crippen MR) is 65.1 cm³/mol. The lowest BCUT2D eigenvalue weighted by Gasteiger charge is -2.10. The smallest absolute Gasteiger partial charge is 0.255 e. The van der Waals surface area contributed by atoms with Crippen LogP contribution in [0.3, 0.4) is 0 Å². The SMILES string of the molecule is CC(CBr)CNC(=O)c1cccc(O)c1O. The largest absolute Gasteiger partial charge is 0.504 e. The molecule has 88 valence electrons. The van der Waals surface area contributed by atoms with E-state index in [0.717, 1.165) is 5.33 Å². The van der Waals surface area contributed by atoms with Crippen molar-refractivity contribution < 1.29 is 15.0 Å². The second kappa shape index (κ2) is 5.75. The van der Waals surface area contributed by atoms with E-state index in [1.807, 2.05) is 6.92 Å². The number of phenolic OH excluding ortho intramolecular Hbond substituents is 2. The third-order valence-corrected chi connectivity index (χ3v) is 3.24. The van der Waals surface area contributed by atoms with Gasteiger partial charge in [0.25, 0.3) is 5.91 Å². The molecule has 0 aliphatic heterocycles. The minimum atomic E-state index is -0.388. The number of phenols is 2. The molecular formula is C11H14BrNO3. The fourth-order valence-electron chi connectivity index (χ4n) is 1.13. The number of carbonyl (C=O) groups is 1. The number of amides is 1. The first-order valence-electron chi connectivity index (χ1n) is 4.91. The molecule has 0 bridgehead atoms. The summed E-state index contributed by atoms with van der Waals surface area (Å²) in [5.74, 6) is -0.753. The van der Waals surface area contributed by atoms with Crippen molar-refractivity contribution in [2.24, 2.45) is 5.92 Å². The Balaban J connectivity index is 2.70. The normalized spacial score (nSPS) is 12.1. The van der Waals surface area contributed by atoms with Gasteiger partial charge >= 0.3 is 0 Å². The third-order valence-electron chi connectivity index (χ3n) is 2.13. The van der Waals surface area contributed by atoms with Crippen molar-refractivity contribution in [1.82, 2.24) is 5.32 Å². The highest BCUT2D eigenvalue weighted by atomic mass is 79.9. The van der Waals surface area contributed by atoms with Gasteiger partial charge in [0.2, 0.25) is 0 Å². The summed E-state index contributed by atoms with van der Waals surface area (Å²) in [7, 11) is 0. The third kappa shape index (κ3) is 3.13. The molecule has 0 spiro atoms. The highest BCUT2D eigenvalue weighted by Crippen LogP contribution is 2.27. The van der Waals surface area contributed by atoms with E-state index < -0.39 is 0 Å². The molecule has 0 fully saturated rings. The van der Waals surface area contributed by atoms with Crippen molar-refractivity contribution in [2.45, 2.75) is 6.92 Å². The van der Waals surface area contributed by atoms with Crippen LogP contribution in [0.1, 0.15) is 17.3 Å². The number of nitrogens with one attached hydrogen (secondary N) is 1. The Bertz CT molecular complexity index is 381. The first-order valence-corrected chi connectivity index (χ1v) is 6.03.